The molecule has 0 saturated carbocycles. The van der Waals surface area contributed by atoms with Crippen molar-refractivity contribution in [1.82, 2.24) is 0 Å². The van der Waals surface area contributed by atoms with E-state index < -0.39 is 0 Å². The van der Waals surface area contributed by atoms with Crippen molar-refractivity contribution < 1.29 is 14.3 Å². The molecule has 0 amide bonds. The second kappa shape index (κ2) is 11.2. The van der Waals surface area contributed by atoms with Gasteiger partial charge in [0.15, 0.2) is 0 Å². The molecule has 1 rings (SSSR count). The van der Waals surface area contributed by atoms with Crippen molar-refractivity contribution in [3.63, 3.8) is 0 Å². The molecule has 0 unspecified atom stereocenters. The molecule has 1 aromatic rings. The van der Waals surface area contributed by atoms with Crippen LogP contribution < -0.4 is 0 Å². The lowest BCUT2D eigenvalue weighted by atomic mass is 10.1. The van der Waals surface area contributed by atoms with E-state index >= 15 is 0 Å². The molecule has 0 atom stereocenters. The third kappa shape index (κ3) is 8.46. The summed E-state index contributed by atoms with van der Waals surface area (Å²) in [6.07, 6.45) is 7.93. The smallest absolute Gasteiger partial charge is 0.305 e. The lowest BCUT2D eigenvalue weighted by Gasteiger charge is -2.05. The van der Waals surface area contributed by atoms with E-state index in [1.165, 1.54) is 5.56 Å². The van der Waals surface area contributed by atoms with Gasteiger partial charge in [-0.15, -0.1) is 0 Å². The van der Waals surface area contributed by atoms with Gasteiger partial charge in [0.05, 0.1) is 6.61 Å². The molecule has 3 heteroatoms. The number of hydrogen-bond donors (Lipinski definition) is 0. The number of carbonyl (C=O) groups is 2. The average molecular weight is 276 g/mol. The van der Waals surface area contributed by atoms with Crippen molar-refractivity contribution in [2.75, 3.05) is 6.61 Å². The van der Waals surface area contributed by atoms with E-state index in [-0.39, 0.29) is 5.97 Å². The topological polar surface area (TPSA) is 43.4 Å². The number of hydrogen-bond acceptors (Lipinski definition) is 3. The van der Waals surface area contributed by atoms with E-state index in [4.69, 9.17) is 4.74 Å². The molecule has 0 radical (unpaired) electrons. The van der Waals surface area contributed by atoms with Crippen molar-refractivity contribution in [2.24, 2.45) is 0 Å². The Morgan fingerprint density at radius 2 is 1.70 bits per heavy atom. The molecule has 0 saturated heterocycles. The molecule has 110 valence electrons. The van der Waals surface area contributed by atoms with Gasteiger partial charge in [-0.05, 0) is 18.4 Å². The first kappa shape index (κ1) is 16.4. The predicted molar refractivity (Wildman–Crippen MR) is 79.5 cm³/mol. The van der Waals surface area contributed by atoms with Crippen LogP contribution in [0.2, 0.25) is 0 Å². The van der Waals surface area contributed by atoms with Crippen LogP contribution in [-0.2, 0) is 20.7 Å². The average Bonchev–Trinajstić information content (AvgIpc) is 2.47. The highest BCUT2D eigenvalue weighted by Gasteiger charge is 2.02. The molecule has 0 N–H and O–H groups in total. The van der Waals surface area contributed by atoms with Crippen LogP contribution in [0.3, 0.4) is 0 Å². The zero-order valence-electron chi connectivity index (χ0n) is 12.1. The van der Waals surface area contributed by atoms with E-state index in [0.29, 0.717) is 19.4 Å². The van der Waals surface area contributed by atoms with Crippen LogP contribution in [0.1, 0.15) is 50.5 Å². The van der Waals surface area contributed by atoms with Gasteiger partial charge in [-0.3, -0.25) is 4.79 Å². The minimum Gasteiger partial charge on any atom is -0.465 e. The molecule has 3 nitrogen and oxygen atoms in total. The van der Waals surface area contributed by atoms with Gasteiger partial charge in [0.2, 0.25) is 0 Å². The highest BCUT2D eigenvalue weighted by Crippen LogP contribution is 2.07. The van der Waals surface area contributed by atoms with Crippen LogP contribution in [0.15, 0.2) is 30.3 Å². The summed E-state index contributed by atoms with van der Waals surface area (Å²) < 4.78 is 5.21. The Bertz CT molecular complexity index is 373. The fourth-order valence-electron chi connectivity index (χ4n) is 2.03. The Hall–Kier alpha value is -1.64. The Labute approximate surface area is 121 Å². The van der Waals surface area contributed by atoms with Crippen molar-refractivity contribution >= 4 is 12.3 Å². The zero-order valence-corrected chi connectivity index (χ0v) is 12.1. The molecule has 0 bridgehead atoms. The van der Waals surface area contributed by atoms with Crippen LogP contribution in [-0.4, -0.2) is 18.9 Å². The summed E-state index contributed by atoms with van der Waals surface area (Å²) in [6, 6.07) is 10.0. The Kier molecular flexibility index (Phi) is 9.20. The molecule has 20 heavy (non-hydrogen) atoms. The third-order valence-electron chi connectivity index (χ3n) is 3.20. The normalized spacial score (nSPS) is 10.2. The summed E-state index contributed by atoms with van der Waals surface area (Å²) in [5.74, 6) is -0.103. The molecule has 0 fully saturated rings. The molecule has 0 aliphatic heterocycles. The monoisotopic (exact) mass is 276 g/mol. The van der Waals surface area contributed by atoms with Gasteiger partial charge >= 0.3 is 5.97 Å². The standard InChI is InChI=1S/C17H24O3/c18-14-9-4-2-1-3-8-12-17(19)20-15-13-16-10-6-5-7-11-16/h5-7,10-11,14H,1-4,8-9,12-13,15H2. The Balaban J connectivity index is 1.94. The largest absolute Gasteiger partial charge is 0.465 e. The highest BCUT2D eigenvalue weighted by molar-refractivity contribution is 5.69. The number of aldehydes is 1. The van der Waals surface area contributed by atoms with E-state index in [2.05, 4.69) is 0 Å². The summed E-state index contributed by atoms with van der Waals surface area (Å²) in [5.41, 5.74) is 1.19. The van der Waals surface area contributed by atoms with Gasteiger partial charge in [-0.2, -0.15) is 0 Å². The number of benzene rings is 1. The van der Waals surface area contributed by atoms with Crippen LogP contribution >= 0.6 is 0 Å². The van der Waals surface area contributed by atoms with Crippen LogP contribution in [0.25, 0.3) is 0 Å². The maximum absolute atomic E-state index is 11.5. The predicted octanol–water partition coefficient (Wildman–Crippen LogP) is 3.70. The molecule has 0 spiro atoms. The highest BCUT2D eigenvalue weighted by atomic mass is 16.5. The quantitative estimate of drug-likeness (QED) is 0.351. The minimum atomic E-state index is -0.103. The Morgan fingerprint density at radius 3 is 2.45 bits per heavy atom. The summed E-state index contributed by atoms with van der Waals surface area (Å²) in [5, 5.41) is 0. The summed E-state index contributed by atoms with van der Waals surface area (Å²) in [4.78, 5) is 21.6. The van der Waals surface area contributed by atoms with Crippen LogP contribution in [0.5, 0.6) is 0 Å². The molecule has 0 aliphatic carbocycles. The molecule has 0 aromatic heterocycles. The lowest BCUT2D eigenvalue weighted by Crippen LogP contribution is -2.07. The van der Waals surface area contributed by atoms with Crippen molar-refractivity contribution in [1.29, 1.82) is 0 Å². The fraction of sp³-hybridized carbons (Fsp3) is 0.529. The number of carbonyl (C=O) groups excluding carboxylic acids is 2. The third-order valence-corrected chi connectivity index (χ3v) is 3.20. The SMILES string of the molecule is O=CCCCCCCCC(=O)OCCc1ccccc1. The molecule has 0 aliphatic rings. The van der Waals surface area contributed by atoms with Crippen molar-refractivity contribution in [3.8, 4) is 0 Å². The van der Waals surface area contributed by atoms with E-state index in [1.54, 1.807) is 0 Å². The molecule has 0 heterocycles. The molecular formula is C17H24O3. The number of ether oxygens (including phenoxy) is 1. The van der Waals surface area contributed by atoms with Gasteiger partial charge < -0.3 is 9.53 Å². The summed E-state index contributed by atoms with van der Waals surface area (Å²) >= 11 is 0. The first-order chi connectivity index (χ1) is 9.83. The molecular weight excluding hydrogens is 252 g/mol. The van der Waals surface area contributed by atoms with Gasteiger partial charge in [0.25, 0.3) is 0 Å². The van der Waals surface area contributed by atoms with E-state index in [9.17, 15) is 9.59 Å². The molecule has 1 aromatic carbocycles. The fourth-order valence-corrected chi connectivity index (χ4v) is 2.03. The lowest BCUT2D eigenvalue weighted by molar-refractivity contribution is -0.143. The van der Waals surface area contributed by atoms with Crippen molar-refractivity contribution in [3.05, 3.63) is 35.9 Å². The minimum absolute atomic E-state index is 0.103. The number of rotatable bonds is 11. The zero-order chi connectivity index (χ0) is 14.5. The first-order valence-electron chi connectivity index (χ1n) is 7.46. The maximum atomic E-state index is 11.5. The maximum Gasteiger partial charge on any atom is 0.305 e. The van der Waals surface area contributed by atoms with Crippen LogP contribution in [0, 0.1) is 0 Å². The Morgan fingerprint density at radius 1 is 1.00 bits per heavy atom. The van der Waals surface area contributed by atoms with Gasteiger partial charge in [0, 0.05) is 19.3 Å². The van der Waals surface area contributed by atoms with Gasteiger partial charge in [-0.1, -0.05) is 49.6 Å². The van der Waals surface area contributed by atoms with Crippen LogP contribution in [0.4, 0.5) is 0 Å². The number of unbranched alkanes of at least 4 members (excludes halogenated alkanes) is 5. The summed E-state index contributed by atoms with van der Waals surface area (Å²) in [6.45, 7) is 0.460. The number of esters is 1. The van der Waals surface area contributed by atoms with E-state index in [1.807, 2.05) is 30.3 Å². The summed E-state index contributed by atoms with van der Waals surface area (Å²) in [7, 11) is 0. The second-order valence-corrected chi connectivity index (χ2v) is 4.93. The van der Waals surface area contributed by atoms with E-state index in [0.717, 1.165) is 44.8 Å². The van der Waals surface area contributed by atoms with Gasteiger partial charge in [-0.25, -0.2) is 0 Å². The first-order valence-corrected chi connectivity index (χ1v) is 7.46. The second-order valence-electron chi connectivity index (χ2n) is 4.93. The van der Waals surface area contributed by atoms with Crippen molar-refractivity contribution in [2.45, 2.75) is 51.4 Å². The van der Waals surface area contributed by atoms with Gasteiger partial charge in [0.1, 0.15) is 6.29 Å².